The van der Waals surface area contributed by atoms with E-state index in [1.165, 1.54) is 12.1 Å². The van der Waals surface area contributed by atoms with Crippen LogP contribution in [-0.4, -0.2) is 6.29 Å². The summed E-state index contributed by atoms with van der Waals surface area (Å²) in [5, 5.41) is 0. The largest absolute Gasteiger partial charge is 0.298 e. The minimum atomic E-state index is -1.86. The van der Waals surface area contributed by atoms with E-state index in [2.05, 4.69) is 0 Å². The van der Waals surface area contributed by atoms with Crippen LogP contribution in [-0.2, 0) is 0 Å². The van der Waals surface area contributed by atoms with Gasteiger partial charge in [-0.25, -0.2) is 17.6 Å². The molecule has 0 aromatic heterocycles. The molecule has 0 saturated carbocycles. The van der Waals surface area contributed by atoms with Gasteiger partial charge in [-0.2, -0.15) is 0 Å². The van der Waals surface area contributed by atoms with E-state index >= 15 is 0 Å². The first kappa shape index (κ1) is 13.3. The minimum absolute atomic E-state index is 0.0302. The highest BCUT2D eigenvalue weighted by atomic mass is 19.2. The van der Waals surface area contributed by atoms with Crippen molar-refractivity contribution >= 4 is 6.29 Å². The molecule has 0 heterocycles. The second-order valence-electron chi connectivity index (χ2n) is 4.03. The predicted octanol–water partition coefficient (Wildman–Crippen LogP) is 4.03. The first-order valence-electron chi connectivity index (χ1n) is 5.35. The van der Waals surface area contributed by atoms with E-state index in [4.69, 9.17) is 0 Å². The summed E-state index contributed by atoms with van der Waals surface area (Å²) in [7, 11) is 0. The molecule has 0 fully saturated rings. The van der Waals surface area contributed by atoms with Crippen molar-refractivity contribution in [3.63, 3.8) is 0 Å². The molecule has 2 aromatic rings. The smallest absolute Gasteiger partial charge is 0.196 e. The lowest BCUT2D eigenvalue weighted by Gasteiger charge is -2.09. The van der Waals surface area contributed by atoms with E-state index in [1.807, 2.05) is 0 Å². The highest BCUT2D eigenvalue weighted by molar-refractivity contribution is 5.80. The van der Waals surface area contributed by atoms with Gasteiger partial charge >= 0.3 is 0 Å². The Morgan fingerprint density at radius 1 is 0.842 bits per heavy atom. The molecular formula is C14H8F4O. The Labute approximate surface area is 106 Å². The van der Waals surface area contributed by atoms with Gasteiger partial charge in [0.1, 0.15) is 5.82 Å². The summed E-state index contributed by atoms with van der Waals surface area (Å²) in [6.45, 7) is 1.76. The second kappa shape index (κ2) is 4.84. The summed E-state index contributed by atoms with van der Waals surface area (Å²) < 4.78 is 54.0. The molecule has 0 aliphatic rings. The molecule has 0 radical (unpaired) electrons. The van der Waals surface area contributed by atoms with Crippen LogP contribution in [0.15, 0.2) is 24.3 Å². The van der Waals surface area contributed by atoms with Crippen LogP contribution in [0.3, 0.4) is 0 Å². The minimum Gasteiger partial charge on any atom is -0.298 e. The molecule has 19 heavy (non-hydrogen) atoms. The lowest BCUT2D eigenvalue weighted by Crippen LogP contribution is -2.05. The van der Waals surface area contributed by atoms with Crippen LogP contribution in [0.5, 0.6) is 0 Å². The molecule has 0 unspecified atom stereocenters. The standard InChI is InChI=1S/C14H8F4O/c1-7-2-4-8(5-3-7)10-11(15)9(6-19)12(16)14(18)13(10)17/h2-6H,1H3. The number of benzene rings is 2. The maximum Gasteiger partial charge on any atom is 0.196 e. The molecule has 0 atom stereocenters. The number of aryl methyl sites for hydroxylation is 1. The van der Waals surface area contributed by atoms with Gasteiger partial charge in [-0.1, -0.05) is 29.8 Å². The second-order valence-corrected chi connectivity index (χ2v) is 4.03. The molecule has 2 rings (SSSR count). The monoisotopic (exact) mass is 268 g/mol. The third kappa shape index (κ3) is 2.12. The fourth-order valence-corrected chi connectivity index (χ4v) is 1.73. The van der Waals surface area contributed by atoms with E-state index < -0.39 is 34.4 Å². The molecule has 1 nitrogen and oxygen atoms in total. The maximum absolute atomic E-state index is 13.9. The Hall–Kier alpha value is -2.17. The van der Waals surface area contributed by atoms with Crippen molar-refractivity contribution in [2.45, 2.75) is 6.92 Å². The summed E-state index contributed by atoms with van der Waals surface area (Å²) in [4.78, 5) is 10.6. The molecule has 0 amide bonds. The van der Waals surface area contributed by atoms with Gasteiger partial charge in [0.2, 0.25) is 0 Å². The molecule has 0 saturated heterocycles. The number of hydrogen-bond acceptors (Lipinski definition) is 1. The molecule has 0 bridgehead atoms. The normalized spacial score (nSPS) is 10.6. The Morgan fingerprint density at radius 2 is 1.42 bits per heavy atom. The lowest BCUT2D eigenvalue weighted by atomic mass is 10.00. The van der Waals surface area contributed by atoms with Crippen molar-refractivity contribution < 1.29 is 22.4 Å². The Balaban J connectivity index is 2.80. The third-order valence-corrected chi connectivity index (χ3v) is 2.76. The van der Waals surface area contributed by atoms with Crippen LogP contribution < -0.4 is 0 Å². The van der Waals surface area contributed by atoms with E-state index in [0.717, 1.165) is 5.56 Å². The number of rotatable bonds is 2. The van der Waals surface area contributed by atoms with Crippen molar-refractivity contribution in [2.75, 3.05) is 0 Å². The number of carbonyl (C=O) groups excluding carboxylic acids is 1. The summed E-state index contributed by atoms with van der Waals surface area (Å²) >= 11 is 0. The van der Waals surface area contributed by atoms with Gasteiger partial charge in [0, 0.05) is 0 Å². The van der Waals surface area contributed by atoms with Crippen LogP contribution in [0, 0.1) is 30.2 Å². The molecule has 0 aliphatic carbocycles. The number of halogens is 4. The molecule has 98 valence electrons. The Morgan fingerprint density at radius 3 is 1.95 bits per heavy atom. The first-order chi connectivity index (χ1) is 8.97. The highest BCUT2D eigenvalue weighted by Gasteiger charge is 2.25. The van der Waals surface area contributed by atoms with Gasteiger partial charge in [-0.3, -0.25) is 4.79 Å². The molecule has 0 N–H and O–H groups in total. The first-order valence-corrected chi connectivity index (χ1v) is 5.35. The zero-order valence-electron chi connectivity index (χ0n) is 9.81. The van der Waals surface area contributed by atoms with Crippen molar-refractivity contribution in [3.8, 4) is 11.1 Å². The average molecular weight is 268 g/mol. The predicted molar refractivity (Wildman–Crippen MR) is 61.8 cm³/mol. The van der Waals surface area contributed by atoms with Gasteiger partial charge in [-0.15, -0.1) is 0 Å². The van der Waals surface area contributed by atoms with Crippen molar-refractivity contribution in [3.05, 3.63) is 58.7 Å². The van der Waals surface area contributed by atoms with Gasteiger partial charge in [0.25, 0.3) is 0 Å². The number of carbonyl (C=O) groups is 1. The van der Waals surface area contributed by atoms with E-state index in [1.54, 1.807) is 19.1 Å². The Bertz CT molecular complexity index is 648. The van der Waals surface area contributed by atoms with E-state index in [0.29, 0.717) is 0 Å². The molecule has 2 aromatic carbocycles. The SMILES string of the molecule is Cc1ccc(-c2c(F)c(F)c(F)c(C=O)c2F)cc1. The molecule has 5 heteroatoms. The topological polar surface area (TPSA) is 17.1 Å². The zero-order chi connectivity index (χ0) is 14.2. The quantitative estimate of drug-likeness (QED) is 0.348. The van der Waals surface area contributed by atoms with Crippen LogP contribution in [0.4, 0.5) is 17.6 Å². The van der Waals surface area contributed by atoms with Crippen LogP contribution in [0.2, 0.25) is 0 Å². The van der Waals surface area contributed by atoms with Gasteiger partial charge in [0.05, 0.1) is 11.1 Å². The third-order valence-electron chi connectivity index (χ3n) is 2.76. The fourth-order valence-electron chi connectivity index (χ4n) is 1.73. The van der Waals surface area contributed by atoms with Gasteiger partial charge in [0.15, 0.2) is 23.7 Å². The van der Waals surface area contributed by atoms with Crippen molar-refractivity contribution in [2.24, 2.45) is 0 Å². The van der Waals surface area contributed by atoms with Crippen molar-refractivity contribution in [1.29, 1.82) is 0 Å². The van der Waals surface area contributed by atoms with Gasteiger partial charge < -0.3 is 0 Å². The van der Waals surface area contributed by atoms with Gasteiger partial charge in [-0.05, 0) is 12.5 Å². The lowest BCUT2D eigenvalue weighted by molar-refractivity contribution is 0.111. The van der Waals surface area contributed by atoms with Crippen LogP contribution in [0.25, 0.3) is 11.1 Å². The summed E-state index contributed by atoms with van der Waals surface area (Å²) in [5.41, 5.74) is -0.999. The van der Waals surface area contributed by atoms with Crippen molar-refractivity contribution in [1.82, 2.24) is 0 Å². The summed E-state index contributed by atoms with van der Waals surface area (Å²) in [6, 6.07) is 5.86. The van der Waals surface area contributed by atoms with E-state index in [9.17, 15) is 22.4 Å². The number of aldehydes is 1. The summed E-state index contributed by atoms with van der Waals surface area (Å²) in [5.74, 6) is -6.74. The zero-order valence-corrected chi connectivity index (χ0v) is 9.81. The molecule has 0 spiro atoms. The van der Waals surface area contributed by atoms with E-state index in [-0.39, 0.29) is 11.8 Å². The van der Waals surface area contributed by atoms with Crippen LogP contribution >= 0.6 is 0 Å². The number of hydrogen-bond donors (Lipinski definition) is 0. The average Bonchev–Trinajstić information content (AvgIpc) is 2.39. The Kier molecular flexibility index (Phi) is 3.38. The molecular weight excluding hydrogens is 260 g/mol. The highest BCUT2D eigenvalue weighted by Crippen LogP contribution is 2.31. The molecule has 0 aliphatic heterocycles. The maximum atomic E-state index is 13.9. The summed E-state index contributed by atoms with van der Waals surface area (Å²) in [6.07, 6.45) is -0.176. The van der Waals surface area contributed by atoms with Crippen LogP contribution in [0.1, 0.15) is 15.9 Å². The fraction of sp³-hybridized carbons (Fsp3) is 0.0714.